The lowest BCUT2D eigenvalue weighted by Gasteiger charge is -2.27. The zero-order valence-corrected chi connectivity index (χ0v) is 9.17. The van der Waals surface area contributed by atoms with Crippen LogP contribution in [0.1, 0.15) is 32.4 Å². The number of anilines is 1. The monoisotopic (exact) mass is 193 g/mol. The fraction of sp³-hybridized carbons (Fsp3) is 0.636. The lowest BCUT2D eigenvalue weighted by molar-refractivity contribution is 0.328. The minimum atomic E-state index is 0.101. The van der Waals surface area contributed by atoms with Crippen LogP contribution in [0, 0.1) is 5.41 Å². The van der Waals surface area contributed by atoms with E-state index in [1.807, 2.05) is 0 Å². The Morgan fingerprint density at radius 2 is 2.21 bits per heavy atom. The SMILES string of the molecule is CC(C)(C)C(N)c1ccn2c1NCC2. The molecule has 0 saturated heterocycles. The Kier molecular flexibility index (Phi) is 2.07. The first-order valence-electron chi connectivity index (χ1n) is 5.18. The van der Waals surface area contributed by atoms with Gasteiger partial charge in [0.25, 0.3) is 0 Å². The van der Waals surface area contributed by atoms with E-state index in [0.29, 0.717) is 0 Å². The molecule has 0 fully saturated rings. The average Bonchev–Trinajstić information content (AvgIpc) is 2.59. The molecular weight excluding hydrogens is 174 g/mol. The summed E-state index contributed by atoms with van der Waals surface area (Å²) in [6, 6.07) is 2.24. The van der Waals surface area contributed by atoms with Gasteiger partial charge in [0, 0.05) is 30.9 Å². The van der Waals surface area contributed by atoms with Crippen LogP contribution in [-0.2, 0) is 6.54 Å². The summed E-state index contributed by atoms with van der Waals surface area (Å²) in [6.07, 6.45) is 2.12. The van der Waals surface area contributed by atoms with Crippen LogP contribution in [0.3, 0.4) is 0 Å². The van der Waals surface area contributed by atoms with Crippen molar-refractivity contribution >= 4 is 5.82 Å². The minimum absolute atomic E-state index is 0.101. The number of aromatic nitrogens is 1. The molecule has 2 rings (SSSR count). The van der Waals surface area contributed by atoms with Crippen molar-refractivity contribution in [1.82, 2.24) is 4.57 Å². The van der Waals surface area contributed by atoms with Crippen molar-refractivity contribution in [3.63, 3.8) is 0 Å². The third-order valence-electron chi connectivity index (χ3n) is 2.91. The number of fused-ring (bicyclic) bond motifs is 1. The van der Waals surface area contributed by atoms with Crippen LogP contribution in [0.4, 0.5) is 5.82 Å². The zero-order chi connectivity index (χ0) is 10.3. The highest BCUT2D eigenvalue weighted by Crippen LogP contribution is 2.36. The van der Waals surface area contributed by atoms with Crippen LogP contribution < -0.4 is 11.1 Å². The summed E-state index contributed by atoms with van der Waals surface area (Å²) >= 11 is 0. The van der Waals surface area contributed by atoms with Crippen LogP contribution in [0.25, 0.3) is 0 Å². The quantitative estimate of drug-likeness (QED) is 0.716. The maximum absolute atomic E-state index is 6.24. The molecule has 0 saturated carbocycles. The first-order valence-corrected chi connectivity index (χ1v) is 5.18. The molecule has 0 aromatic carbocycles. The Bertz CT molecular complexity index is 333. The van der Waals surface area contributed by atoms with Crippen molar-refractivity contribution in [2.24, 2.45) is 11.1 Å². The molecule has 3 N–H and O–H groups in total. The van der Waals surface area contributed by atoms with Gasteiger partial charge in [0.05, 0.1) is 0 Å². The number of nitrogens with zero attached hydrogens (tertiary/aromatic N) is 1. The fourth-order valence-electron chi connectivity index (χ4n) is 1.89. The van der Waals surface area contributed by atoms with Crippen molar-refractivity contribution < 1.29 is 0 Å². The van der Waals surface area contributed by atoms with E-state index in [1.165, 1.54) is 11.4 Å². The van der Waals surface area contributed by atoms with E-state index < -0.39 is 0 Å². The topological polar surface area (TPSA) is 43.0 Å². The van der Waals surface area contributed by atoms with Crippen LogP contribution in [-0.4, -0.2) is 11.1 Å². The molecule has 3 nitrogen and oxygen atoms in total. The maximum atomic E-state index is 6.24. The summed E-state index contributed by atoms with van der Waals surface area (Å²) in [7, 11) is 0. The van der Waals surface area contributed by atoms with Crippen molar-refractivity contribution in [3.8, 4) is 0 Å². The van der Waals surface area contributed by atoms with E-state index in [0.717, 1.165) is 13.1 Å². The molecule has 1 aliphatic heterocycles. The van der Waals surface area contributed by atoms with Gasteiger partial charge in [-0.15, -0.1) is 0 Å². The fourth-order valence-corrected chi connectivity index (χ4v) is 1.89. The third-order valence-corrected chi connectivity index (χ3v) is 2.91. The van der Waals surface area contributed by atoms with Crippen molar-refractivity contribution in [2.75, 3.05) is 11.9 Å². The van der Waals surface area contributed by atoms with Gasteiger partial charge in [-0.25, -0.2) is 0 Å². The summed E-state index contributed by atoms with van der Waals surface area (Å²) in [5.41, 5.74) is 7.60. The molecular formula is C11H19N3. The highest BCUT2D eigenvalue weighted by atomic mass is 15.2. The zero-order valence-electron chi connectivity index (χ0n) is 9.17. The second-order valence-corrected chi connectivity index (χ2v) is 5.08. The van der Waals surface area contributed by atoms with E-state index >= 15 is 0 Å². The number of hydrogen-bond donors (Lipinski definition) is 2. The van der Waals surface area contributed by atoms with Crippen LogP contribution >= 0.6 is 0 Å². The predicted octanol–water partition coefficient (Wildman–Crippen LogP) is 1.96. The molecule has 14 heavy (non-hydrogen) atoms. The number of nitrogens with one attached hydrogen (secondary N) is 1. The van der Waals surface area contributed by atoms with Crippen LogP contribution in [0.15, 0.2) is 12.3 Å². The van der Waals surface area contributed by atoms with Gasteiger partial charge in [0.15, 0.2) is 0 Å². The van der Waals surface area contributed by atoms with Gasteiger partial charge in [-0.2, -0.15) is 0 Å². The normalized spacial score (nSPS) is 17.7. The molecule has 0 bridgehead atoms. The molecule has 1 unspecified atom stereocenters. The first kappa shape index (κ1) is 9.59. The number of hydrogen-bond acceptors (Lipinski definition) is 2. The second-order valence-electron chi connectivity index (χ2n) is 5.08. The molecule has 1 aromatic rings. The molecule has 1 aromatic heterocycles. The molecule has 1 atom stereocenters. The Morgan fingerprint density at radius 1 is 1.50 bits per heavy atom. The van der Waals surface area contributed by atoms with Crippen molar-refractivity contribution in [2.45, 2.75) is 33.4 Å². The Labute approximate surface area is 85.3 Å². The molecule has 3 heteroatoms. The molecule has 1 aliphatic rings. The summed E-state index contributed by atoms with van der Waals surface area (Å²) in [5.74, 6) is 1.22. The summed E-state index contributed by atoms with van der Waals surface area (Å²) in [6.45, 7) is 8.62. The van der Waals surface area contributed by atoms with Crippen molar-refractivity contribution in [1.29, 1.82) is 0 Å². The molecule has 0 amide bonds. The standard InChI is InChI=1S/C11H19N3/c1-11(2,3)9(12)8-4-6-14-7-5-13-10(8)14/h4,6,9,13H,5,7,12H2,1-3H3. The number of rotatable bonds is 1. The van der Waals surface area contributed by atoms with Crippen molar-refractivity contribution in [3.05, 3.63) is 17.8 Å². The highest BCUT2D eigenvalue weighted by Gasteiger charge is 2.27. The Balaban J connectivity index is 2.33. The smallest absolute Gasteiger partial charge is 0.110 e. The van der Waals surface area contributed by atoms with Gasteiger partial charge >= 0.3 is 0 Å². The maximum Gasteiger partial charge on any atom is 0.110 e. The Morgan fingerprint density at radius 3 is 2.86 bits per heavy atom. The van der Waals surface area contributed by atoms with Gasteiger partial charge in [0.2, 0.25) is 0 Å². The van der Waals surface area contributed by atoms with Gasteiger partial charge in [0.1, 0.15) is 5.82 Å². The predicted molar refractivity (Wildman–Crippen MR) is 59.3 cm³/mol. The molecule has 0 spiro atoms. The van der Waals surface area contributed by atoms with Gasteiger partial charge in [-0.05, 0) is 11.5 Å². The van der Waals surface area contributed by atoms with Crippen LogP contribution in [0.5, 0.6) is 0 Å². The molecule has 0 radical (unpaired) electrons. The Hall–Kier alpha value is -0.960. The summed E-state index contributed by atoms with van der Waals surface area (Å²) in [4.78, 5) is 0. The van der Waals surface area contributed by atoms with Gasteiger partial charge < -0.3 is 15.6 Å². The van der Waals surface area contributed by atoms with E-state index in [9.17, 15) is 0 Å². The first-order chi connectivity index (χ1) is 6.50. The van der Waals surface area contributed by atoms with Crippen LogP contribution in [0.2, 0.25) is 0 Å². The van der Waals surface area contributed by atoms with Gasteiger partial charge in [-0.3, -0.25) is 0 Å². The van der Waals surface area contributed by atoms with Gasteiger partial charge in [-0.1, -0.05) is 20.8 Å². The molecule has 78 valence electrons. The third kappa shape index (κ3) is 1.42. The van der Waals surface area contributed by atoms with E-state index in [-0.39, 0.29) is 11.5 Å². The largest absolute Gasteiger partial charge is 0.369 e. The lowest BCUT2D eigenvalue weighted by Crippen LogP contribution is -2.26. The lowest BCUT2D eigenvalue weighted by atomic mass is 9.84. The molecule has 2 heterocycles. The average molecular weight is 193 g/mol. The minimum Gasteiger partial charge on any atom is -0.369 e. The number of nitrogens with two attached hydrogens (primary N) is 1. The van der Waals surface area contributed by atoms with E-state index in [2.05, 4.69) is 42.9 Å². The second kappa shape index (κ2) is 3.02. The highest BCUT2D eigenvalue weighted by molar-refractivity contribution is 5.51. The van der Waals surface area contributed by atoms with E-state index in [1.54, 1.807) is 0 Å². The van der Waals surface area contributed by atoms with E-state index in [4.69, 9.17) is 5.73 Å². The summed E-state index contributed by atoms with van der Waals surface area (Å²) < 4.78 is 2.24. The molecule has 0 aliphatic carbocycles. The summed E-state index contributed by atoms with van der Waals surface area (Å²) in [5, 5.41) is 3.38.